The minimum Gasteiger partial charge on any atom is -0.496 e. The number of nitrogens with zero attached hydrogens (tertiary/aromatic N) is 2. The molecule has 0 saturated carbocycles. The molecule has 28 heavy (non-hydrogen) atoms. The van der Waals surface area contributed by atoms with Crippen molar-refractivity contribution < 1.29 is 9.53 Å². The standard InChI is InChI=1S/C19H15Cl2N3O2S2/c1-26-15-10-11(3-8-16(15)27-2)9-14(21)18-23-24-19(28-18)17(25)22-13-6-4-12(20)5-7-13/h3-10H,1-2H3,(H,22,25)/b14-9+. The van der Waals surface area contributed by atoms with Crippen LogP contribution in [-0.4, -0.2) is 29.5 Å². The fourth-order valence-electron chi connectivity index (χ4n) is 2.28. The number of hydrogen-bond donors (Lipinski definition) is 1. The van der Waals surface area contributed by atoms with Crippen LogP contribution < -0.4 is 10.1 Å². The quantitative estimate of drug-likeness (QED) is 0.471. The normalized spacial score (nSPS) is 11.4. The molecule has 1 aromatic heterocycles. The molecule has 9 heteroatoms. The molecule has 0 aliphatic heterocycles. The zero-order chi connectivity index (χ0) is 20.1. The molecule has 0 aliphatic rings. The van der Waals surface area contributed by atoms with Gasteiger partial charge in [0.1, 0.15) is 5.75 Å². The maximum atomic E-state index is 12.3. The first-order chi connectivity index (χ1) is 13.5. The van der Waals surface area contributed by atoms with Crippen LogP contribution in [0.5, 0.6) is 5.75 Å². The van der Waals surface area contributed by atoms with Crippen LogP contribution >= 0.6 is 46.3 Å². The summed E-state index contributed by atoms with van der Waals surface area (Å²) < 4.78 is 5.38. The van der Waals surface area contributed by atoms with Gasteiger partial charge in [0.2, 0.25) is 5.01 Å². The topological polar surface area (TPSA) is 64.1 Å². The lowest BCUT2D eigenvalue weighted by molar-refractivity contribution is 0.102. The lowest BCUT2D eigenvalue weighted by Crippen LogP contribution is -2.11. The Hall–Kier alpha value is -2.06. The van der Waals surface area contributed by atoms with E-state index < -0.39 is 0 Å². The third-order valence-corrected chi connectivity index (χ3v) is 6.01. The number of aromatic nitrogens is 2. The van der Waals surface area contributed by atoms with Crippen LogP contribution in [0.25, 0.3) is 11.1 Å². The Morgan fingerprint density at radius 2 is 1.89 bits per heavy atom. The Morgan fingerprint density at radius 1 is 1.18 bits per heavy atom. The fourth-order valence-corrected chi connectivity index (χ4v) is 3.88. The van der Waals surface area contributed by atoms with Crippen molar-refractivity contribution in [2.24, 2.45) is 0 Å². The van der Waals surface area contributed by atoms with Gasteiger partial charge in [0, 0.05) is 15.6 Å². The van der Waals surface area contributed by atoms with Crippen molar-refractivity contribution in [1.29, 1.82) is 0 Å². The molecule has 0 saturated heterocycles. The van der Waals surface area contributed by atoms with Gasteiger partial charge in [-0.25, -0.2) is 0 Å². The largest absolute Gasteiger partial charge is 0.496 e. The molecule has 0 spiro atoms. The summed E-state index contributed by atoms with van der Waals surface area (Å²) in [6.07, 6.45) is 3.74. The van der Waals surface area contributed by atoms with Crippen molar-refractivity contribution in [3.05, 3.63) is 63.1 Å². The van der Waals surface area contributed by atoms with Crippen molar-refractivity contribution >= 4 is 69.0 Å². The zero-order valence-electron chi connectivity index (χ0n) is 14.9. The van der Waals surface area contributed by atoms with E-state index in [0.717, 1.165) is 27.5 Å². The SMILES string of the molecule is COc1cc(/C=C(/Cl)c2nnc(C(=O)Nc3ccc(Cl)cc3)s2)ccc1SC. The number of anilines is 1. The van der Waals surface area contributed by atoms with Crippen molar-refractivity contribution in [2.75, 3.05) is 18.7 Å². The van der Waals surface area contributed by atoms with Crippen molar-refractivity contribution in [3.63, 3.8) is 0 Å². The monoisotopic (exact) mass is 451 g/mol. The summed E-state index contributed by atoms with van der Waals surface area (Å²) >= 11 is 14.9. The summed E-state index contributed by atoms with van der Waals surface area (Å²) in [6, 6.07) is 12.6. The highest BCUT2D eigenvalue weighted by Crippen LogP contribution is 2.31. The predicted molar refractivity (Wildman–Crippen MR) is 118 cm³/mol. The van der Waals surface area contributed by atoms with Crippen LogP contribution in [0, 0.1) is 0 Å². The first-order valence-electron chi connectivity index (χ1n) is 8.00. The summed E-state index contributed by atoms with van der Waals surface area (Å²) in [7, 11) is 1.63. The lowest BCUT2D eigenvalue weighted by atomic mass is 10.2. The van der Waals surface area contributed by atoms with E-state index in [4.69, 9.17) is 27.9 Å². The van der Waals surface area contributed by atoms with Crippen molar-refractivity contribution in [2.45, 2.75) is 4.90 Å². The summed E-state index contributed by atoms with van der Waals surface area (Å²) in [5.41, 5.74) is 1.48. The Morgan fingerprint density at radius 3 is 2.57 bits per heavy atom. The van der Waals surface area contributed by atoms with Gasteiger partial charge in [0.15, 0.2) is 5.01 Å². The van der Waals surface area contributed by atoms with Gasteiger partial charge in [0.25, 0.3) is 5.91 Å². The van der Waals surface area contributed by atoms with E-state index in [0.29, 0.717) is 20.7 Å². The molecule has 0 fully saturated rings. The number of rotatable bonds is 6. The molecule has 5 nitrogen and oxygen atoms in total. The number of benzene rings is 2. The van der Waals surface area contributed by atoms with E-state index >= 15 is 0 Å². The van der Waals surface area contributed by atoms with Gasteiger partial charge in [-0.15, -0.1) is 22.0 Å². The average molecular weight is 452 g/mol. The number of hydrogen-bond acceptors (Lipinski definition) is 6. The molecule has 0 radical (unpaired) electrons. The second-order valence-electron chi connectivity index (χ2n) is 5.48. The van der Waals surface area contributed by atoms with Crippen LogP contribution in [0.2, 0.25) is 5.02 Å². The maximum Gasteiger partial charge on any atom is 0.286 e. The van der Waals surface area contributed by atoms with Gasteiger partial charge < -0.3 is 10.1 Å². The maximum absolute atomic E-state index is 12.3. The van der Waals surface area contributed by atoms with Crippen LogP contribution in [0.4, 0.5) is 5.69 Å². The Kier molecular flexibility index (Phi) is 6.96. The fraction of sp³-hybridized carbons (Fsp3) is 0.105. The zero-order valence-corrected chi connectivity index (χ0v) is 18.0. The van der Waals surface area contributed by atoms with Crippen LogP contribution in [0.1, 0.15) is 20.4 Å². The minimum atomic E-state index is -0.360. The summed E-state index contributed by atoms with van der Waals surface area (Å²) in [6.45, 7) is 0. The molecule has 0 bridgehead atoms. The molecule has 1 N–H and O–H groups in total. The van der Waals surface area contributed by atoms with Crippen LogP contribution in [0.15, 0.2) is 47.4 Å². The van der Waals surface area contributed by atoms with E-state index in [2.05, 4.69) is 15.5 Å². The number of thioether (sulfide) groups is 1. The number of carbonyl (C=O) groups excluding carboxylic acids is 1. The number of halogens is 2. The molecule has 0 aliphatic carbocycles. The molecule has 3 rings (SSSR count). The van der Waals surface area contributed by atoms with Crippen molar-refractivity contribution in [1.82, 2.24) is 10.2 Å². The average Bonchev–Trinajstić information content (AvgIpc) is 3.20. The van der Waals surface area contributed by atoms with E-state index in [1.807, 2.05) is 24.5 Å². The van der Waals surface area contributed by atoms with Gasteiger partial charge in [-0.3, -0.25) is 4.79 Å². The third kappa shape index (κ3) is 5.05. The highest BCUT2D eigenvalue weighted by atomic mass is 35.5. The molecule has 144 valence electrons. The predicted octanol–water partition coefficient (Wildman–Crippen LogP) is 5.91. The Balaban J connectivity index is 1.76. The Labute approximate surface area is 180 Å². The number of ether oxygens (including phenoxy) is 1. The second-order valence-corrected chi connectivity index (χ2v) is 8.15. The summed E-state index contributed by atoms with van der Waals surface area (Å²) in [5.74, 6) is 0.410. The van der Waals surface area contributed by atoms with E-state index in [1.54, 1.807) is 49.2 Å². The molecule has 3 aromatic rings. The number of methoxy groups -OCH3 is 1. The Bertz CT molecular complexity index is 1020. The highest BCUT2D eigenvalue weighted by Gasteiger charge is 2.15. The summed E-state index contributed by atoms with van der Waals surface area (Å²) in [4.78, 5) is 13.4. The molecule has 1 amide bonds. The van der Waals surface area contributed by atoms with E-state index in [1.165, 1.54) is 0 Å². The van der Waals surface area contributed by atoms with Gasteiger partial charge in [-0.05, 0) is 54.3 Å². The molecule has 1 heterocycles. The van der Waals surface area contributed by atoms with Gasteiger partial charge in [-0.1, -0.05) is 40.6 Å². The first-order valence-corrected chi connectivity index (χ1v) is 10.8. The number of carbonyl (C=O) groups is 1. The van der Waals surface area contributed by atoms with Crippen molar-refractivity contribution in [3.8, 4) is 5.75 Å². The lowest BCUT2D eigenvalue weighted by Gasteiger charge is -2.06. The molecular formula is C19H15Cl2N3O2S2. The second kappa shape index (κ2) is 9.43. The molecule has 0 atom stereocenters. The first kappa shape index (κ1) is 20.7. The molecular weight excluding hydrogens is 437 g/mol. The van der Waals surface area contributed by atoms with Gasteiger partial charge >= 0.3 is 0 Å². The van der Waals surface area contributed by atoms with Crippen LogP contribution in [-0.2, 0) is 0 Å². The third-order valence-electron chi connectivity index (χ3n) is 3.63. The smallest absolute Gasteiger partial charge is 0.286 e. The minimum absolute atomic E-state index is 0.215. The highest BCUT2D eigenvalue weighted by molar-refractivity contribution is 7.98. The van der Waals surface area contributed by atoms with Gasteiger partial charge in [-0.2, -0.15) is 0 Å². The molecule has 0 unspecified atom stereocenters. The number of amides is 1. The van der Waals surface area contributed by atoms with Crippen LogP contribution in [0.3, 0.4) is 0 Å². The van der Waals surface area contributed by atoms with Gasteiger partial charge in [0.05, 0.1) is 12.1 Å². The van der Waals surface area contributed by atoms with E-state index in [9.17, 15) is 4.79 Å². The summed E-state index contributed by atoms with van der Waals surface area (Å²) in [5, 5.41) is 12.3. The molecule has 2 aromatic carbocycles. The number of nitrogens with one attached hydrogen (secondary N) is 1. The van der Waals surface area contributed by atoms with E-state index in [-0.39, 0.29) is 10.9 Å².